The predicted molar refractivity (Wildman–Crippen MR) is 75.3 cm³/mol. The Balaban J connectivity index is 2.27. The number of rotatable bonds is 4. The van der Waals surface area contributed by atoms with Crippen molar-refractivity contribution in [2.45, 2.75) is 19.4 Å². The van der Waals surface area contributed by atoms with Crippen LogP contribution in [0.1, 0.15) is 12.5 Å². The third-order valence-electron chi connectivity index (χ3n) is 3.20. The molecule has 0 saturated heterocycles. The van der Waals surface area contributed by atoms with Crippen LogP contribution in [0.3, 0.4) is 0 Å². The van der Waals surface area contributed by atoms with E-state index in [2.05, 4.69) is 61.3 Å². The summed E-state index contributed by atoms with van der Waals surface area (Å²) in [5.41, 5.74) is 2.53. The van der Waals surface area contributed by atoms with Crippen molar-refractivity contribution in [1.29, 1.82) is 0 Å². The third kappa shape index (κ3) is 2.75. The molecule has 0 aromatic heterocycles. The smallest absolute Gasteiger partial charge is 0.0311 e. The summed E-state index contributed by atoms with van der Waals surface area (Å²) in [4.78, 5) is 0. The van der Waals surface area contributed by atoms with Crippen molar-refractivity contribution < 1.29 is 0 Å². The fraction of sp³-hybridized carbons (Fsp3) is 0.250. The van der Waals surface area contributed by atoms with E-state index < -0.39 is 0 Å². The first kappa shape index (κ1) is 11.9. The normalized spacial score (nSPS) is 12.6. The molecule has 1 atom stereocenters. The fourth-order valence-corrected chi connectivity index (χ4v) is 2.12. The molecular weight excluding hydrogens is 206 g/mol. The maximum Gasteiger partial charge on any atom is 0.0311 e. The van der Waals surface area contributed by atoms with E-state index in [1.165, 1.54) is 21.9 Å². The molecule has 0 aliphatic rings. The Morgan fingerprint density at radius 2 is 1.88 bits per heavy atom. The highest BCUT2D eigenvalue weighted by Crippen LogP contribution is 2.17. The maximum atomic E-state index is 4.02. The minimum Gasteiger partial charge on any atom is -0.313 e. The Morgan fingerprint density at radius 3 is 2.53 bits per heavy atom. The molecule has 0 radical (unpaired) electrons. The number of likely N-dealkylation sites (N-methyl/N-ethyl adjacent to an activating group) is 1. The Kier molecular flexibility index (Phi) is 3.60. The number of hydrogen-bond acceptors (Lipinski definition) is 1. The summed E-state index contributed by atoms with van der Waals surface area (Å²) < 4.78 is 0. The van der Waals surface area contributed by atoms with Crippen molar-refractivity contribution in [3.05, 3.63) is 60.2 Å². The number of benzene rings is 2. The highest BCUT2D eigenvalue weighted by Gasteiger charge is 2.07. The molecule has 1 nitrogen and oxygen atoms in total. The second kappa shape index (κ2) is 5.15. The summed E-state index contributed by atoms with van der Waals surface area (Å²) in [7, 11) is 1.99. The van der Waals surface area contributed by atoms with Gasteiger partial charge in [0.2, 0.25) is 0 Å². The van der Waals surface area contributed by atoms with Gasteiger partial charge in [-0.25, -0.2) is 0 Å². The lowest BCUT2D eigenvalue weighted by atomic mass is 9.98. The van der Waals surface area contributed by atoms with E-state index in [1.807, 2.05) is 7.05 Å². The van der Waals surface area contributed by atoms with Crippen LogP contribution in [0.25, 0.3) is 10.8 Å². The summed E-state index contributed by atoms with van der Waals surface area (Å²) in [6.07, 6.45) is 0.997. The Hall–Kier alpha value is -1.60. The fourth-order valence-electron chi connectivity index (χ4n) is 2.12. The van der Waals surface area contributed by atoms with Gasteiger partial charge in [-0.15, -0.1) is 0 Å². The second-order valence-corrected chi connectivity index (χ2v) is 4.57. The van der Waals surface area contributed by atoms with Crippen LogP contribution in [0.4, 0.5) is 0 Å². The van der Waals surface area contributed by atoms with Crippen LogP contribution in [-0.2, 0) is 6.42 Å². The molecule has 88 valence electrons. The minimum atomic E-state index is 0.358. The molecule has 2 rings (SSSR count). The third-order valence-corrected chi connectivity index (χ3v) is 3.20. The molecule has 1 N–H and O–H groups in total. The van der Waals surface area contributed by atoms with Crippen LogP contribution >= 0.6 is 0 Å². The molecule has 0 bridgehead atoms. The molecule has 0 fully saturated rings. The zero-order valence-corrected chi connectivity index (χ0v) is 10.5. The summed E-state index contributed by atoms with van der Waals surface area (Å²) >= 11 is 0. The van der Waals surface area contributed by atoms with Gasteiger partial charge in [0, 0.05) is 6.04 Å². The SMILES string of the molecule is C=C(C)C(Cc1ccc2ccccc2c1)NC. The van der Waals surface area contributed by atoms with E-state index in [0.717, 1.165) is 6.42 Å². The van der Waals surface area contributed by atoms with E-state index in [4.69, 9.17) is 0 Å². The lowest BCUT2D eigenvalue weighted by Gasteiger charge is -2.16. The Bertz CT molecular complexity index is 528. The molecule has 0 aliphatic carbocycles. The van der Waals surface area contributed by atoms with Gasteiger partial charge in [-0.05, 0) is 36.7 Å². The highest BCUT2D eigenvalue weighted by atomic mass is 14.9. The monoisotopic (exact) mass is 225 g/mol. The minimum absolute atomic E-state index is 0.358. The van der Waals surface area contributed by atoms with Crippen LogP contribution in [-0.4, -0.2) is 13.1 Å². The van der Waals surface area contributed by atoms with Gasteiger partial charge in [0.05, 0.1) is 0 Å². The molecule has 0 amide bonds. The van der Waals surface area contributed by atoms with Gasteiger partial charge in [0.1, 0.15) is 0 Å². The highest BCUT2D eigenvalue weighted by molar-refractivity contribution is 5.83. The van der Waals surface area contributed by atoms with Gasteiger partial charge >= 0.3 is 0 Å². The van der Waals surface area contributed by atoms with Crippen LogP contribution in [0.15, 0.2) is 54.6 Å². The van der Waals surface area contributed by atoms with Crippen LogP contribution in [0.2, 0.25) is 0 Å². The average Bonchev–Trinajstić information content (AvgIpc) is 2.35. The second-order valence-electron chi connectivity index (χ2n) is 4.57. The summed E-state index contributed by atoms with van der Waals surface area (Å²) in [5, 5.41) is 5.90. The first-order valence-corrected chi connectivity index (χ1v) is 6.01. The van der Waals surface area contributed by atoms with Crippen LogP contribution in [0, 0.1) is 0 Å². The average molecular weight is 225 g/mol. The molecule has 1 unspecified atom stereocenters. The molecule has 2 aromatic rings. The van der Waals surface area contributed by atoms with Gasteiger partial charge in [-0.3, -0.25) is 0 Å². The van der Waals surface area contributed by atoms with Gasteiger partial charge in [-0.1, -0.05) is 54.6 Å². The quantitative estimate of drug-likeness (QED) is 0.785. The van der Waals surface area contributed by atoms with Crippen LogP contribution < -0.4 is 5.32 Å². The lowest BCUT2D eigenvalue weighted by molar-refractivity contribution is 0.634. The zero-order chi connectivity index (χ0) is 12.3. The molecular formula is C16H19N. The first-order valence-electron chi connectivity index (χ1n) is 6.01. The predicted octanol–water partition coefficient (Wildman–Crippen LogP) is 3.55. The van der Waals surface area contributed by atoms with Crippen molar-refractivity contribution >= 4 is 10.8 Å². The molecule has 1 heteroatoms. The van der Waals surface area contributed by atoms with Crippen molar-refractivity contribution in [3.63, 3.8) is 0 Å². The van der Waals surface area contributed by atoms with Gasteiger partial charge in [0.15, 0.2) is 0 Å². The Morgan fingerprint density at radius 1 is 1.18 bits per heavy atom. The number of hydrogen-bond donors (Lipinski definition) is 1. The summed E-state index contributed by atoms with van der Waals surface area (Å²) in [6.45, 7) is 6.09. The molecule has 2 aromatic carbocycles. The molecule has 0 spiro atoms. The summed E-state index contributed by atoms with van der Waals surface area (Å²) in [5.74, 6) is 0. The van der Waals surface area contributed by atoms with E-state index in [1.54, 1.807) is 0 Å². The topological polar surface area (TPSA) is 12.0 Å². The van der Waals surface area contributed by atoms with Gasteiger partial charge in [0.25, 0.3) is 0 Å². The van der Waals surface area contributed by atoms with E-state index >= 15 is 0 Å². The molecule has 0 heterocycles. The Labute approximate surface area is 103 Å². The van der Waals surface area contributed by atoms with E-state index in [-0.39, 0.29) is 0 Å². The standard InChI is InChI=1S/C16H19N/c1-12(2)16(17-3)11-13-8-9-14-6-4-5-7-15(14)10-13/h4-10,16-17H,1,11H2,2-3H3. The summed E-state index contributed by atoms with van der Waals surface area (Å²) in [6, 6.07) is 15.5. The largest absolute Gasteiger partial charge is 0.313 e. The van der Waals surface area contributed by atoms with Crippen molar-refractivity contribution in [2.24, 2.45) is 0 Å². The van der Waals surface area contributed by atoms with Crippen molar-refractivity contribution in [2.75, 3.05) is 7.05 Å². The van der Waals surface area contributed by atoms with Gasteiger partial charge < -0.3 is 5.32 Å². The number of fused-ring (bicyclic) bond motifs is 1. The number of nitrogens with one attached hydrogen (secondary N) is 1. The van der Waals surface area contributed by atoms with E-state index in [9.17, 15) is 0 Å². The van der Waals surface area contributed by atoms with Crippen LogP contribution in [0.5, 0.6) is 0 Å². The van der Waals surface area contributed by atoms with E-state index in [0.29, 0.717) is 6.04 Å². The molecule has 0 aliphatic heterocycles. The first-order chi connectivity index (χ1) is 8.20. The van der Waals surface area contributed by atoms with Crippen molar-refractivity contribution in [1.82, 2.24) is 5.32 Å². The molecule has 17 heavy (non-hydrogen) atoms. The molecule has 0 saturated carbocycles. The van der Waals surface area contributed by atoms with Crippen molar-refractivity contribution in [3.8, 4) is 0 Å². The maximum absolute atomic E-state index is 4.02. The van der Waals surface area contributed by atoms with Gasteiger partial charge in [-0.2, -0.15) is 0 Å². The zero-order valence-electron chi connectivity index (χ0n) is 10.5. The lowest BCUT2D eigenvalue weighted by Crippen LogP contribution is -2.28.